The van der Waals surface area contributed by atoms with E-state index in [9.17, 15) is 19.7 Å². The lowest BCUT2D eigenvalue weighted by atomic mass is 10.1. The number of rotatable bonds is 4. The molecule has 0 radical (unpaired) electrons. The summed E-state index contributed by atoms with van der Waals surface area (Å²) in [5.41, 5.74) is 1.13. The number of anilines is 1. The number of non-ortho nitro benzene ring substituents is 1. The van der Waals surface area contributed by atoms with E-state index in [1.54, 1.807) is 17.5 Å². The first-order chi connectivity index (χ1) is 11.0. The van der Waals surface area contributed by atoms with Crippen molar-refractivity contribution in [2.75, 3.05) is 5.32 Å². The molecule has 118 valence electrons. The minimum Gasteiger partial charge on any atom is -0.344 e. The average Bonchev–Trinajstić information content (AvgIpc) is 3.16. The number of benzene rings is 1. The monoisotopic (exact) mass is 332 g/mol. The summed E-state index contributed by atoms with van der Waals surface area (Å²) in [5, 5.41) is 18.1. The number of nitro groups is 1. The summed E-state index contributed by atoms with van der Waals surface area (Å²) in [6.07, 6.45) is 0.808. The molecule has 1 aliphatic rings. The molecule has 3 rings (SSSR count). The topological polar surface area (TPSA) is 114 Å². The molecule has 1 aromatic carbocycles. The number of carbonyl (C=O) groups is 2. The van der Waals surface area contributed by atoms with Crippen LogP contribution in [0, 0.1) is 10.1 Å². The van der Waals surface area contributed by atoms with Gasteiger partial charge in [0.2, 0.25) is 11.8 Å². The quantitative estimate of drug-likeness (QED) is 0.656. The molecule has 2 amide bonds. The molecule has 8 nitrogen and oxygen atoms in total. The highest BCUT2D eigenvalue weighted by atomic mass is 32.1. The molecule has 0 aliphatic carbocycles. The van der Waals surface area contributed by atoms with E-state index >= 15 is 0 Å². The van der Waals surface area contributed by atoms with E-state index in [0.29, 0.717) is 29.2 Å². The highest BCUT2D eigenvalue weighted by Crippen LogP contribution is 2.27. The second-order valence-electron chi connectivity index (χ2n) is 4.99. The number of carbonyl (C=O) groups excluding carboxylic acids is 2. The van der Waals surface area contributed by atoms with Gasteiger partial charge in [-0.3, -0.25) is 19.7 Å². The van der Waals surface area contributed by atoms with Gasteiger partial charge in [0.1, 0.15) is 6.04 Å². The molecule has 2 heterocycles. The van der Waals surface area contributed by atoms with Crippen LogP contribution in [0.3, 0.4) is 0 Å². The van der Waals surface area contributed by atoms with E-state index in [2.05, 4.69) is 15.6 Å². The minimum atomic E-state index is -0.535. The van der Waals surface area contributed by atoms with Crippen LogP contribution >= 0.6 is 11.3 Å². The smallest absolute Gasteiger partial charge is 0.270 e. The zero-order chi connectivity index (χ0) is 16.4. The molecule has 1 fully saturated rings. The van der Waals surface area contributed by atoms with Crippen LogP contribution in [-0.4, -0.2) is 27.8 Å². The van der Waals surface area contributed by atoms with Gasteiger partial charge in [-0.1, -0.05) is 12.1 Å². The molecule has 0 saturated carbocycles. The van der Waals surface area contributed by atoms with Crippen molar-refractivity contribution in [1.29, 1.82) is 0 Å². The zero-order valence-electron chi connectivity index (χ0n) is 11.8. The Balaban J connectivity index is 1.73. The Morgan fingerprint density at radius 3 is 3.00 bits per heavy atom. The minimum absolute atomic E-state index is 0.0187. The van der Waals surface area contributed by atoms with Crippen LogP contribution in [0.4, 0.5) is 10.8 Å². The van der Waals surface area contributed by atoms with Gasteiger partial charge in [0.05, 0.1) is 10.6 Å². The lowest BCUT2D eigenvalue weighted by Gasteiger charge is -2.08. The van der Waals surface area contributed by atoms with Gasteiger partial charge in [-0.25, -0.2) is 4.98 Å². The SMILES string of the molecule is O=C1CC[C@@H](C(=O)Nc2nc(-c3cccc([N+](=O)[O-])c3)cs2)N1. The summed E-state index contributed by atoms with van der Waals surface area (Å²) >= 11 is 1.22. The Labute approximate surface area is 134 Å². The number of hydrogen-bond acceptors (Lipinski definition) is 6. The number of nitrogens with one attached hydrogen (secondary N) is 2. The normalized spacial score (nSPS) is 16.9. The van der Waals surface area contributed by atoms with Crippen LogP contribution < -0.4 is 10.6 Å². The van der Waals surface area contributed by atoms with E-state index < -0.39 is 11.0 Å². The van der Waals surface area contributed by atoms with Crippen LogP contribution in [0.2, 0.25) is 0 Å². The third-order valence-electron chi connectivity index (χ3n) is 3.40. The third kappa shape index (κ3) is 3.34. The van der Waals surface area contributed by atoms with Crippen molar-refractivity contribution in [2.24, 2.45) is 0 Å². The Hall–Kier alpha value is -2.81. The highest BCUT2D eigenvalue weighted by molar-refractivity contribution is 7.14. The van der Waals surface area contributed by atoms with Crippen LogP contribution in [0.25, 0.3) is 11.3 Å². The number of hydrogen-bond donors (Lipinski definition) is 2. The van der Waals surface area contributed by atoms with Crippen LogP contribution in [-0.2, 0) is 9.59 Å². The first kappa shape index (κ1) is 15.1. The van der Waals surface area contributed by atoms with Crippen molar-refractivity contribution >= 4 is 34.0 Å². The molecule has 1 saturated heterocycles. The molecule has 1 aromatic heterocycles. The predicted octanol–water partition coefficient (Wildman–Crippen LogP) is 1.94. The fraction of sp³-hybridized carbons (Fsp3) is 0.214. The van der Waals surface area contributed by atoms with Gasteiger partial charge in [0.25, 0.3) is 5.69 Å². The second kappa shape index (κ2) is 6.13. The van der Waals surface area contributed by atoms with Gasteiger partial charge in [-0.2, -0.15) is 0 Å². The van der Waals surface area contributed by atoms with E-state index in [1.807, 2.05) is 0 Å². The Morgan fingerprint density at radius 1 is 1.48 bits per heavy atom. The molecule has 0 spiro atoms. The van der Waals surface area contributed by atoms with Crippen LogP contribution in [0.1, 0.15) is 12.8 Å². The first-order valence-corrected chi connectivity index (χ1v) is 7.71. The molecule has 1 atom stereocenters. The lowest BCUT2D eigenvalue weighted by molar-refractivity contribution is -0.384. The standard InChI is InChI=1S/C14H12N4O4S/c19-12-5-4-10(15-12)13(20)17-14-16-11(7-23-14)8-2-1-3-9(6-8)18(21)22/h1-3,6-7,10H,4-5H2,(H,15,19)(H,16,17,20)/t10-/m0/s1. The summed E-state index contributed by atoms with van der Waals surface area (Å²) in [6.45, 7) is 0. The van der Waals surface area contributed by atoms with Gasteiger partial charge in [0.15, 0.2) is 5.13 Å². The summed E-state index contributed by atoms with van der Waals surface area (Å²) in [6, 6.07) is 5.59. The number of amides is 2. The second-order valence-corrected chi connectivity index (χ2v) is 5.85. The summed E-state index contributed by atoms with van der Waals surface area (Å²) in [7, 11) is 0. The highest BCUT2D eigenvalue weighted by Gasteiger charge is 2.27. The Morgan fingerprint density at radius 2 is 2.30 bits per heavy atom. The van der Waals surface area contributed by atoms with E-state index in [-0.39, 0.29) is 17.5 Å². The molecule has 2 N–H and O–H groups in total. The first-order valence-electron chi connectivity index (χ1n) is 6.83. The number of nitro benzene ring substituents is 1. The fourth-order valence-electron chi connectivity index (χ4n) is 2.25. The Kier molecular flexibility index (Phi) is 4.02. The summed E-state index contributed by atoms with van der Waals surface area (Å²) in [4.78, 5) is 37.7. The number of aromatic nitrogens is 1. The van der Waals surface area contributed by atoms with Crippen molar-refractivity contribution in [1.82, 2.24) is 10.3 Å². The van der Waals surface area contributed by atoms with E-state index in [4.69, 9.17) is 0 Å². The third-order valence-corrected chi connectivity index (χ3v) is 4.16. The molecule has 9 heteroatoms. The van der Waals surface area contributed by atoms with Crippen LogP contribution in [0.15, 0.2) is 29.6 Å². The predicted molar refractivity (Wildman–Crippen MR) is 84.0 cm³/mol. The maximum absolute atomic E-state index is 12.0. The largest absolute Gasteiger partial charge is 0.344 e. The van der Waals surface area contributed by atoms with Crippen molar-refractivity contribution in [3.63, 3.8) is 0 Å². The van der Waals surface area contributed by atoms with Gasteiger partial charge in [-0.15, -0.1) is 11.3 Å². The van der Waals surface area contributed by atoms with Gasteiger partial charge >= 0.3 is 0 Å². The summed E-state index contributed by atoms with van der Waals surface area (Å²) < 4.78 is 0. The Bertz CT molecular complexity index is 789. The van der Waals surface area contributed by atoms with Crippen molar-refractivity contribution in [3.8, 4) is 11.3 Å². The molecular weight excluding hydrogens is 320 g/mol. The zero-order valence-corrected chi connectivity index (χ0v) is 12.6. The van der Waals surface area contributed by atoms with E-state index in [0.717, 1.165) is 0 Å². The summed E-state index contributed by atoms with van der Waals surface area (Å²) in [5.74, 6) is -0.447. The molecule has 0 bridgehead atoms. The fourth-order valence-corrected chi connectivity index (χ4v) is 2.97. The maximum Gasteiger partial charge on any atom is 0.270 e. The van der Waals surface area contributed by atoms with Crippen molar-refractivity contribution < 1.29 is 14.5 Å². The van der Waals surface area contributed by atoms with Crippen molar-refractivity contribution in [2.45, 2.75) is 18.9 Å². The van der Waals surface area contributed by atoms with Gasteiger partial charge in [-0.05, 0) is 6.42 Å². The number of thiazole rings is 1. The maximum atomic E-state index is 12.0. The molecule has 1 aliphatic heterocycles. The molecule has 0 unspecified atom stereocenters. The molecule has 23 heavy (non-hydrogen) atoms. The van der Waals surface area contributed by atoms with E-state index in [1.165, 1.54) is 23.5 Å². The van der Waals surface area contributed by atoms with Crippen LogP contribution in [0.5, 0.6) is 0 Å². The molecule has 2 aromatic rings. The lowest BCUT2D eigenvalue weighted by Crippen LogP contribution is -2.37. The average molecular weight is 332 g/mol. The van der Waals surface area contributed by atoms with Gasteiger partial charge in [0, 0.05) is 29.5 Å². The number of nitrogens with zero attached hydrogens (tertiary/aromatic N) is 2. The molecular formula is C14H12N4O4S. The van der Waals surface area contributed by atoms with Crippen molar-refractivity contribution in [3.05, 3.63) is 39.8 Å². The van der Waals surface area contributed by atoms with Gasteiger partial charge < -0.3 is 10.6 Å².